The smallest absolute Gasteiger partial charge is 0.345 e. The van der Waals surface area contributed by atoms with E-state index in [1.807, 2.05) is 0 Å². The lowest BCUT2D eigenvalue weighted by Crippen LogP contribution is -2.30. The summed E-state index contributed by atoms with van der Waals surface area (Å²) in [6.45, 7) is 3.74. The molecule has 3 rings (SSSR count). The minimum absolute atomic E-state index is 0.0362. The summed E-state index contributed by atoms with van der Waals surface area (Å²) in [5.41, 5.74) is 1.37. The highest BCUT2D eigenvalue weighted by atomic mass is 32.2. The van der Waals surface area contributed by atoms with Crippen molar-refractivity contribution >= 4 is 81.3 Å². The Kier molecular flexibility index (Phi) is 7.58. The van der Waals surface area contributed by atoms with Gasteiger partial charge in [-0.2, -0.15) is 0 Å². The third kappa shape index (κ3) is 3.93. The first-order chi connectivity index (χ1) is 15.2. The molecule has 1 aromatic heterocycles. The molecule has 0 atom stereocenters. The average Bonchev–Trinajstić information content (AvgIpc) is 3.12. The molecule has 0 radical (unpaired) electrons. The molecule has 0 aromatic carbocycles. The van der Waals surface area contributed by atoms with Gasteiger partial charge in [-0.05, 0) is 26.4 Å². The second-order valence-electron chi connectivity index (χ2n) is 6.46. The maximum Gasteiger partial charge on any atom is 0.345 e. The molecule has 0 saturated heterocycles. The Morgan fingerprint density at radius 1 is 0.781 bits per heavy atom. The van der Waals surface area contributed by atoms with Crippen LogP contribution in [0.2, 0.25) is 0 Å². The van der Waals surface area contributed by atoms with Gasteiger partial charge in [0, 0.05) is 14.1 Å². The fourth-order valence-electron chi connectivity index (χ4n) is 3.27. The van der Waals surface area contributed by atoms with Crippen LogP contribution in [0, 0.1) is 0 Å². The van der Waals surface area contributed by atoms with Crippen LogP contribution in [-0.4, -0.2) is 73.4 Å². The summed E-state index contributed by atoms with van der Waals surface area (Å²) in [5.74, 6) is -2.07. The molecule has 8 nitrogen and oxygen atoms in total. The molecule has 0 unspecified atom stereocenters. The van der Waals surface area contributed by atoms with Crippen LogP contribution in [-0.2, 0) is 28.7 Å². The average molecular weight is 515 g/mol. The minimum Gasteiger partial charge on any atom is -0.462 e. The number of nitrogens with zero attached hydrogens (tertiary/aromatic N) is 2. The lowest BCUT2D eigenvalue weighted by Gasteiger charge is -2.16. The first-order valence-electron chi connectivity index (χ1n) is 9.55. The molecular weight excluding hydrogens is 492 g/mol. The number of hydrogen-bond acceptors (Lipinski definition) is 10. The molecule has 2 aliphatic heterocycles. The summed E-state index contributed by atoms with van der Waals surface area (Å²) >= 11 is 5.44. The van der Waals surface area contributed by atoms with Crippen molar-refractivity contribution in [3.63, 3.8) is 0 Å². The molecular formula is C20H22N2O6S4. The number of hydrogen-bond donors (Lipinski definition) is 0. The Morgan fingerprint density at radius 3 is 1.41 bits per heavy atom. The molecule has 1 aromatic rings. The Morgan fingerprint density at radius 2 is 1.12 bits per heavy atom. The largest absolute Gasteiger partial charge is 0.462 e. The fourth-order valence-corrected chi connectivity index (χ4v) is 7.58. The van der Waals surface area contributed by atoms with Gasteiger partial charge in [0.1, 0.15) is 18.8 Å². The van der Waals surface area contributed by atoms with Crippen LogP contribution in [0.4, 0.5) is 0 Å². The molecule has 3 heterocycles. The van der Waals surface area contributed by atoms with Crippen molar-refractivity contribution in [3.05, 3.63) is 28.6 Å². The van der Waals surface area contributed by atoms with Crippen LogP contribution >= 0.6 is 46.2 Å². The van der Waals surface area contributed by atoms with E-state index in [1.54, 1.807) is 40.5 Å². The Balaban J connectivity index is 2.19. The maximum atomic E-state index is 12.7. The first kappa shape index (κ1) is 24.6. The lowest BCUT2D eigenvalue weighted by molar-refractivity contribution is -0.142. The zero-order valence-corrected chi connectivity index (χ0v) is 21.7. The molecule has 2 amide bonds. The van der Waals surface area contributed by atoms with E-state index in [0.29, 0.717) is 21.2 Å². The van der Waals surface area contributed by atoms with E-state index >= 15 is 0 Å². The van der Waals surface area contributed by atoms with E-state index in [9.17, 15) is 19.2 Å². The standard InChI is InChI=1S/C20H22N2O6S4/c1-7-27-17(25)9-13(29-5)11(21(3)15(9)23)19-31-20(32-19)12-14(30-6)10(16(24)22(12)4)18(26)28-8-2/h7-8H2,1-6H3. The molecule has 0 spiro atoms. The molecule has 12 heteroatoms. The van der Waals surface area contributed by atoms with Gasteiger partial charge in [0.2, 0.25) is 0 Å². The number of esters is 2. The Hall–Kier alpha value is -2.02. The number of carbonyl (C=O) groups excluding carboxylic acids is 4. The number of carbonyl (C=O) groups is 4. The van der Waals surface area contributed by atoms with Crippen molar-refractivity contribution in [2.24, 2.45) is 0 Å². The van der Waals surface area contributed by atoms with Crippen LogP contribution in [0.5, 0.6) is 0 Å². The van der Waals surface area contributed by atoms with Gasteiger partial charge in [0.25, 0.3) is 11.8 Å². The van der Waals surface area contributed by atoms with Crippen LogP contribution < -0.4 is 7.69 Å². The van der Waals surface area contributed by atoms with Crippen LogP contribution in [0.15, 0.2) is 21.0 Å². The molecule has 0 aliphatic carbocycles. The molecule has 172 valence electrons. The number of likely N-dealkylation sites (N-methyl/N-ethyl adjacent to an activating group) is 2. The third-order valence-electron chi connectivity index (χ3n) is 4.72. The van der Waals surface area contributed by atoms with Gasteiger partial charge in [-0.25, -0.2) is 9.59 Å². The molecule has 2 aliphatic rings. The highest BCUT2D eigenvalue weighted by Crippen LogP contribution is 2.38. The van der Waals surface area contributed by atoms with E-state index in [0.717, 1.165) is 7.69 Å². The van der Waals surface area contributed by atoms with E-state index in [1.165, 1.54) is 56.0 Å². The third-order valence-corrected chi connectivity index (χ3v) is 8.84. The highest BCUT2D eigenvalue weighted by Gasteiger charge is 2.40. The normalized spacial score (nSPS) is 16.8. The molecule has 0 bridgehead atoms. The van der Waals surface area contributed by atoms with Gasteiger partial charge in [-0.3, -0.25) is 9.59 Å². The molecule has 0 N–H and O–H groups in total. The van der Waals surface area contributed by atoms with Crippen LogP contribution in [0.1, 0.15) is 13.8 Å². The van der Waals surface area contributed by atoms with Crippen molar-refractivity contribution in [1.29, 1.82) is 0 Å². The summed E-state index contributed by atoms with van der Waals surface area (Å²) in [6.07, 6.45) is 3.61. The zero-order valence-electron chi connectivity index (χ0n) is 18.4. The summed E-state index contributed by atoms with van der Waals surface area (Å²) in [4.78, 5) is 54.2. The van der Waals surface area contributed by atoms with Crippen molar-refractivity contribution in [3.8, 4) is 0 Å². The number of ether oxygens (including phenoxy) is 2. The van der Waals surface area contributed by atoms with Gasteiger partial charge in [-0.15, -0.1) is 46.2 Å². The first-order valence-corrected chi connectivity index (χ1v) is 13.6. The predicted octanol–water partition coefficient (Wildman–Crippen LogP) is 1.33. The van der Waals surface area contributed by atoms with E-state index < -0.39 is 23.8 Å². The second kappa shape index (κ2) is 9.86. The van der Waals surface area contributed by atoms with E-state index in [2.05, 4.69) is 0 Å². The molecule has 32 heavy (non-hydrogen) atoms. The topological polar surface area (TPSA) is 93.2 Å². The summed E-state index contributed by atoms with van der Waals surface area (Å²) < 4.78 is 11.8. The van der Waals surface area contributed by atoms with Crippen molar-refractivity contribution in [2.75, 3.05) is 39.8 Å². The minimum atomic E-state index is -0.634. The summed E-state index contributed by atoms with van der Waals surface area (Å²) in [5, 5.41) is 0. The number of amides is 2. The monoisotopic (exact) mass is 514 g/mol. The highest BCUT2D eigenvalue weighted by molar-refractivity contribution is 8.03. The van der Waals surface area contributed by atoms with E-state index in [4.69, 9.17) is 9.47 Å². The van der Waals surface area contributed by atoms with Crippen molar-refractivity contribution in [1.82, 2.24) is 9.80 Å². The van der Waals surface area contributed by atoms with Crippen LogP contribution in [0.25, 0.3) is 11.4 Å². The fraction of sp³-hybridized carbons (Fsp3) is 0.400. The number of rotatable bonds is 6. The SMILES string of the molecule is CCOC(=O)C1=C(SC)C(=c2sc(=C3C(SC)=C(C(=O)OCC)C(=O)N3C)s2)N(C)C1=O. The van der Waals surface area contributed by atoms with E-state index in [-0.39, 0.29) is 24.4 Å². The second-order valence-corrected chi connectivity index (χ2v) is 10.7. The van der Waals surface area contributed by atoms with Gasteiger partial charge in [-0.1, -0.05) is 0 Å². The zero-order chi connectivity index (χ0) is 23.7. The lowest BCUT2D eigenvalue weighted by atomic mass is 10.2. The van der Waals surface area contributed by atoms with Crippen LogP contribution in [0.3, 0.4) is 0 Å². The summed E-state index contributed by atoms with van der Waals surface area (Å²) in [7, 11) is 3.24. The number of thioether (sulfide) groups is 2. The Bertz CT molecular complexity index is 1080. The predicted molar refractivity (Wildman–Crippen MR) is 128 cm³/mol. The van der Waals surface area contributed by atoms with Gasteiger partial charge in [0.15, 0.2) is 0 Å². The van der Waals surface area contributed by atoms with Crippen molar-refractivity contribution < 1.29 is 28.7 Å². The van der Waals surface area contributed by atoms with Gasteiger partial charge in [0.05, 0.1) is 34.4 Å². The Labute approximate surface area is 201 Å². The maximum absolute atomic E-state index is 12.7. The van der Waals surface area contributed by atoms with Gasteiger partial charge < -0.3 is 19.3 Å². The molecule has 0 saturated carbocycles. The van der Waals surface area contributed by atoms with Crippen molar-refractivity contribution in [2.45, 2.75) is 13.8 Å². The molecule has 0 fully saturated rings. The van der Waals surface area contributed by atoms with Gasteiger partial charge >= 0.3 is 11.9 Å². The quantitative estimate of drug-likeness (QED) is 0.415. The summed E-state index contributed by atoms with van der Waals surface area (Å²) in [6, 6.07) is 0.